The lowest BCUT2D eigenvalue weighted by molar-refractivity contribution is -0.118. The number of rotatable bonds is 8. The molecule has 0 aliphatic carbocycles. The second kappa shape index (κ2) is 9.75. The molecule has 0 radical (unpaired) electrons. The first-order chi connectivity index (χ1) is 16.4. The summed E-state index contributed by atoms with van der Waals surface area (Å²) in [6.45, 7) is -0.571. The van der Waals surface area contributed by atoms with Crippen molar-refractivity contribution in [3.05, 3.63) is 90.2 Å². The van der Waals surface area contributed by atoms with Crippen LogP contribution in [0.15, 0.2) is 67.3 Å². The normalized spacial score (nSPS) is 13.2. The number of carbonyl (C=O) groups is 1. The molecule has 2 aromatic heterocycles. The summed E-state index contributed by atoms with van der Waals surface area (Å²) >= 11 is 0. The molecule has 34 heavy (non-hydrogen) atoms. The highest BCUT2D eigenvalue weighted by Crippen LogP contribution is 2.26. The van der Waals surface area contributed by atoms with Crippen LogP contribution in [0.4, 0.5) is 8.78 Å². The zero-order chi connectivity index (χ0) is 24.1. The van der Waals surface area contributed by atoms with Crippen LogP contribution in [-0.4, -0.2) is 44.4 Å². The molecular weight excluding hydrogens is 444 g/mol. The summed E-state index contributed by atoms with van der Waals surface area (Å²) in [7, 11) is 1.59. The Morgan fingerprint density at radius 3 is 2.79 bits per heavy atom. The van der Waals surface area contributed by atoms with Crippen LogP contribution in [0.3, 0.4) is 0 Å². The molecule has 4 rings (SSSR count). The number of nitrogens with one attached hydrogen (secondary N) is 1. The second-order valence-electron chi connectivity index (χ2n) is 7.59. The lowest BCUT2D eigenvalue weighted by Crippen LogP contribution is -2.44. The maximum absolute atomic E-state index is 14.5. The van der Waals surface area contributed by atoms with E-state index in [1.54, 1.807) is 19.2 Å². The zero-order valence-corrected chi connectivity index (χ0v) is 18.2. The number of methoxy groups -OCH3 is 1. The Morgan fingerprint density at radius 2 is 2.06 bits per heavy atom. The van der Waals surface area contributed by atoms with Crippen molar-refractivity contribution in [1.29, 1.82) is 0 Å². The van der Waals surface area contributed by atoms with E-state index < -0.39 is 23.1 Å². The third kappa shape index (κ3) is 5.24. The molecule has 2 heterocycles. The van der Waals surface area contributed by atoms with Crippen molar-refractivity contribution in [3.63, 3.8) is 0 Å². The lowest BCUT2D eigenvalue weighted by Gasteiger charge is -2.29. The van der Waals surface area contributed by atoms with Gasteiger partial charge >= 0.3 is 0 Å². The minimum atomic E-state index is -1.91. The van der Waals surface area contributed by atoms with Crippen LogP contribution in [0.2, 0.25) is 0 Å². The molecule has 0 saturated heterocycles. The molecule has 4 aromatic rings. The maximum Gasteiger partial charge on any atom is 0.244 e. The molecule has 1 atom stereocenters. The van der Waals surface area contributed by atoms with Gasteiger partial charge in [-0.05, 0) is 36.4 Å². The number of amides is 1. The standard InChI is InChI=1S/C24H21F2N5O3/c1-34-19-6-8-22-16(10-19)2-4-18(30-22)5-9-23(32)28-12-24(33,13-31-15-27-14-29-31)20-7-3-17(25)11-21(20)26/h2-11,14-15,33H,12-13H2,1H3,(H,28,32)/b9-5+. The van der Waals surface area contributed by atoms with Crippen LogP contribution in [-0.2, 0) is 16.9 Å². The number of carbonyl (C=O) groups excluding carboxylic acids is 1. The number of hydrogen-bond donors (Lipinski definition) is 2. The van der Waals surface area contributed by atoms with Crippen molar-refractivity contribution in [2.45, 2.75) is 12.1 Å². The van der Waals surface area contributed by atoms with E-state index in [0.717, 1.165) is 23.0 Å². The number of halogens is 2. The molecule has 0 bridgehead atoms. The molecule has 174 valence electrons. The van der Waals surface area contributed by atoms with Gasteiger partial charge in [-0.25, -0.2) is 23.4 Å². The molecule has 8 nitrogen and oxygen atoms in total. The van der Waals surface area contributed by atoms with Crippen LogP contribution in [0, 0.1) is 11.6 Å². The van der Waals surface area contributed by atoms with Crippen molar-refractivity contribution in [1.82, 2.24) is 25.1 Å². The summed E-state index contributed by atoms with van der Waals surface area (Å²) in [4.78, 5) is 20.7. The SMILES string of the molecule is COc1ccc2nc(/C=C/C(=O)NCC(O)(Cn3cncn3)c3ccc(F)cc3F)ccc2c1. The molecule has 2 N–H and O–H groups in total. The first kappa shape index (κ1) is 23.0. The fourth-order valence-electron chi connectivity index (χ4n) is 3.48. The van der Waals surface area contributed by atoms with E-state index in [9.17, 15) is 18.7 Å². The third-order valence-electron chi connectivity index (χ3n) is 5.20. The Kier molecular flexibility index (Phi) is 6.60. The largest absolute Gasteiger partial charge is 0.497 e. The van der Waals surface area contributed by atoms with E-state index >= 15 is 0 Å². The smallest absolute Gasteiger partial charge is 0.244 e. The van der Waals surface area contributed by atoms with Gasteiger partial charge in [0.1, 0.15) is 35.6 Å². The van der Waals surface area contributed by atoms with Gasteiger partial charge in [0, 0.05) is 23.1 Å². The van der Waals surface area contributed by atoms with Crippen LogP contribution >= 0.6 is 0 Å². The predicted molar refractivity (Wildman–Crippen MR) is 121 cm³/mol. The molecule has 2 aromatic carbocycles. The predicted octanol–water partition coefficient (Wildman–Crippen LogP) is 2.83. The number of aromatic nitrogens is 4. The van der Waals surface area contributed by atoms with E-state index in [-0.39, 0.29) is 18.7 Å². The topological polar surface area (TPSA) is 102 Å². The van der Waals surface area contributed by atoms with Gasteiger partial charge in [0.15, 0.2) is 0 Å². The Bertz CT molecular complexity index is 1340. The summed E-state index contributed by atoms with van der Waals surface area (Å²) in [5, 5.41) is 18.6. The van der Waals surface area contributed by atoms with Crippen LogP contribution in [0.5, 0.6) is 5.75 Å². The average Bonchev–Trinajstić information content (AvgIpc) is 3.33. The minimum absolute atomic E-state index is 0.180. The van der Waals surface area contributed by atoms with Crippen LogP contribution in [0.25, 0.3) is 17.0 Å². The van der Waals surface area contributed by atoms with E-state index in [2.05, 4.69) is 20.4 Å². The van der Waals surface area contributed by atoms with Gasteiger partial charge in [-0.1, -0.05) is 12.1 Å². The number of benzene rings is 2. The number of fused-ring (bicyclic) bond motifs is 1. The summed E-state index contributed by atoms with van der Waals surface area (Å²) in [6.07, 6.45) is 5.38. The Balaban J connectivity index is 1.49. The fourth-order valence-corrected chi connectivity index (χ4v) is 3.48. The van der Waals surface area contributed by atoms with E-state index in [0.29, 0.717) is 17.5 Å². The Labute approximate surface area is 193 Å². The van der Waals surface area contributed by atoms with Crippen molar-refractivity contribution in [2.75, 3.05) is 13.7 Å². The van der Waals surface area contributed by atoms with Gasteiger partial charge in [0.25, 0.3) is 0 Å². The number of ether oxygens (including phenoxy) is 1. The Morgan fingerprint density at radius 1 is 1.21 bits per heavy atom. The minimum Gasteiger partial charge on any atom is -0.497 e. The van der Waals surface area contributed by atoms with Crippen molar-refractivity contribution in [3.8, 4) is 5.75 Å². The third-order valence-corrected chi connectivity index (χ3v) is 5.20. The molecule has 1 unspecified atom stereocenters. The van der Waals surface area contributed by atoms with Crippen LogP contribution in [0.1, 0.15) is 11.3 Å². The summed E-state index contributed by atoms with van der Waals surface area (Å²) in [6, 6.07) is 11.9. The summed E-state index contributed by atoms with van der Waals surface area (Å²) in [5.41, 5.74) is -0.803. The van der Waals surface area contributed by atoms with Crippen molar-refractivity contribution >= 4 is 22.9 Å². The van der Waals surface area contributed by atoms with Crippen LogP contribution < -0.4 is 10.1 Å². The quantitative estimate of drug-likeness (QED) is 0.388. The van der Waals surface area contributed by atoms with Gasteiger partial charge in [0.2, 0.25) is 5.91 Å². The number of nitrogens with zero attached hydrogens (tertiary/aromatic N) is 4. The molecule has 0 saturated carbocycles. The summed E-state index contributed by atoms with van der Waals surface area (Å²) < 4.78 is 34.3. The molecule has 1 amide bonds. The average molecular weight is 465 g/mol. The molecule has 0 aliphatic heterocycles. The highest BCUT2D eigenvalue weighted by molar-refractivity contribution is 5.92. The summed E-state index contributed by atoms with van der Waals surface area (Å²) in [5.74, 6) is -1.54. The van der Waals surface area contributed by atoms with Gasteiger partial charge in [-0.15, -0.1) is 0 Å². The number of pyridine rings is 1. The van der Waals surface area contributed by atoms with E-state index in [1.165, 1.54) is 29.5 Å². The highest BCUT2D eigenvalue weighted by Gasteiger charge is 2.34. The first-order valence-electron chi connectivity index (χ1n) is 10.3. The van der Waals surface area contributed by atoms with Gasteiger partial charge in [0.05, 0.1) is 31.4 Å². The monoisotopic (exact) mass is 465 g/mol. The van der Waals surface area contributed by atoms with Gasteiger partial charge in [-0.2, -0.15) is 5.10 Å². The lowest BCUT2D eigenvalue weighted by atomic mass is 9.92. The highest BCUT2D eigenvalue weighted by atomic mass is 19.1. The van der Waals surface area contributed by atoms with Gasteiger partial charge in [-0.3, -0.25) is 4.79 Å². The van der Waals surface area contributed by atoms with E-state index in [1.807, 2.05) is 18.2 Å². The Hall–Kier alpha value is -4.18. The molecule has 0 spiro atoms. The number of hydrogen-bond acceptors (Lipinski definition) is 6. The van der Waals surface area contributed by atoms with E-state index in [4.69, 9.17) is 4.74 Å². The molecule has 0 aliphatic rings. The first-order valence-corrected chi connectivity index (χ1v) is 10.3. The maximum atomic E-state index is 14.5. The second-order valence-corrected chi connectivity index (χ2v) is 7.59. The molecular formula is C24H21F2N5O3. The zero-order valence-electron chi connectivity index (χ0n) is 18.2. The molecule has 0 fully saturated rings. The fraction of sp³-hybridized carbons (Fsp3) is 0.167. The van der Waals surface area contributed by atoms with Crippen molar-refractivity contribution in [2.24, 2.45) is 0 Å². The van der Waals surface area contributed by atoms with Crippen molar-refractivity contribution < 1.29 is 23.4 Å². The number of aliphatic hydroxyl groups is 1. The van der Waals surface area contributed by atoms with Gasteiger partial charge < -0.3 is 15.2 Å². The molecule has 10 heteroatoms.